The normalized spacial score (nSPS) is 27.7. The van der Waals surface area contributed by atoms with Gasteiger partial charge in [-0.25, -0.2) is 0 Å². The summed E-state index contributed by atoms with van der Waals surface area (Å²) in [5.74, 6) is 0.901. The first kappa shape index (κ1) is 33.9. The number of ether oxygens (including phenoxy) is 3. The van der Waals surface area contributed by atoms with Crippen LogP contribution in [0.4, 0.5) is 0 Å². The third-order valence-electron chi connectivity index (χ3n) is 9.42. The van der Waals surface area contributed by atoms with Crippen molar-refractivity contribution in [3.05, 3.63) is 34.9 Å². The SMILES string of the molecule is COc1cc(C=O)cc2c1OC1C2C(C(=O)NCCO)=CC(N(CCC(C)C)C(=O)COC2CC(C)CCC2C(C)C)C1O. The molecule has 1 saturated carbocycles. The first-order valence-corrected chi connectivity index (χ1v) is 16.0. The zero-order valence-electron chi connectivity index (χ0n) is 27.0. The smallest absolute Gasteiger partial charge is 0.249 e. The van der Waals surface area contributed by atoms with Crippen molar-refractivity contribution >= 4 is 18.1 Å². The van der Waals surface area contributed by atoms with Crippen LogP contribution in [0, 0.1) is 23.7 Å². The van der Waals surface area contributed by atoms with Gasteiger partial charge in [0.1, 0.15) is 25.1 Å². The topological polar surface area (TPSA) is 135 Å². The Balaban J connectivity index is 1.69. The molecular formula is C34H50N2O8. The van der Waals surface area contributed by atoms with Crippen molar-refractivity contribution in [3.63, 3.8) is 0 Å². The number of carbonyl (C=O) groups is 3. The molecule has 0 bridgehead atoms. The van der Waals surface area contributed by atoms with Gasteiger partial charge < -0.3 is 34.6 Å². The summed E-state index contributed by atoms with van der Waals surface area (Å²) in [6, 6.07) is 2.33. The molecule has 4 rings (SSSR count). The van der Waals surface area contributed by atoms with Gasteiger partial charge >= 0.3 is 0 Å². The quantitative estimate of drug-likeness (QED) is 0.288. The summed E-state index contributed by atoms with van der Waals surface area (Å²) in [6.07, 6.45) is 4.05. The van der Waals surface area contributed by atoms with Crippen LogP contribution in [-0.4, -0.2) is 91.0 Å². The Kier molecular flexibility index (Phi) is 11.5. The fourth-order valence-corrected chi connectivity index (χ4v) is 6.96. The lowest BCUT2D eigenvalue weighted by molar-refractivity contribution is -0.147. The van der Waals surface area contributed by atoms with E-state index in [1.165, 1.54) is 7.11 Å². The second-order valence-electron chi connectivity index (χ2n) is 13.3. The molecule has 1 fully saturated rings. The Morgan fingerprint density at radius 3 is 2.59 bits per heavy atom. The number of benzene rings is 1. The number of hydrogen-bond donors (Lipinski definition) is 3. The van der Waals surface area contributed by atoms with Gasteiger partial charge in [-0.1, -0.05) is 41.0 Å². The van der Waals surface area contributed by atoms with Gasteiger partial charge in [0.05, 0.1) is 31.8 Å². The predicted octanol–water partition coefficient (Wildman–Crippen LogP) is 3.48. The number of fused-ring (bicyclic) bond motifs is 3. The van der Waals surface area contributed by atoms with Gasteiger partial charge in [-0.15, -0.1) is 0 Å². The highest BCUT2D eigenvalue weighted by Crippen LogP contribution is 2.51. The largest absolute Gasteiger partial charge is 0.493 e. The van der Waals surface area contributed by atoms with E-state index in [1.54, 1.807) is 23.1 Å². The average Bonchev–Trinajstić information content (AvgIpc) is 3.39. The van der Waals surface area contributed by atoms with E-state index < -0.39 is 30.1 Å². The zero-order valence-corrected chi connectivity index (χ0v) is 27.0. The number of nitrogens with one attached hydrogen (secondary N) is 1. The Hall–Kier alpha value is -2.95. The van der Waals surface area contributed by atoms with E-state index in [1.807, 2.05) is 0 Å². The van der Waals surface area contributed by atoms with Crippen LogP contribution in [0.1, 0.15) is 82.1 Å². The molecule has 0 spiro atoms. The van der Waals surface area contributed by atoms with Crippen LogP contribution in [0.15, 0.2) is 23.8 Å². The number of hydrogen-bond acceptors (Lipinski definition) is 8. The Morgan fingerprint density at radius 1 is 1.20 bits per heavy atom. The van der Waals surface area contributed by atoms with Gasteiger partial charge in [0, 0.05) is 29.8 Å². The summed E-state index contributed by atoms with van der Waals surface area (Å²) in [5, 5.41) is 23.9. The van der Waals surface area contributed by atoms with Crippen molar-refractivity contribution in [1.82, 2.24) is 10.2 Å². The number of rotatable bonds is 13. The van der Waals surface area contributed by atoms with E-state index in [0.29, 0.717) is 71.1 Å². The molecular weight excluding hydrogens is 564 g/mol. The summed E-state index contributed by atoms with van der Waals surface area (Å²) >= 11 is 0. The molecule has 10 heteroatoms. The summed E-state index contributed by atoms with van der Waals surface area (Å²) < 4.78 is 18.1. The van der Waals surface area contributed by atoms with Gasteiger partial charge in [-0.2, -0.15) is 0 Å². The monoisotopic (exact) mass is 614 g/mol. The minimum atomic E-state index is -1.18. The summed E-state index contributed by atoms with van der Waals surface area (Å²) in [7, 11) is 1.46. The van der Waals surface area contributed by atoms with Gasteiger partial charge in [-0.3, -0.25) is 14.4 Å². The minimum Gasteiger partial charge on any atom is -0.493 e. The van der Waals surface area contributed by atoms with Gasteiger partial charge in [0.15, 0.2) is 11.5 Å². The van der Waals surface area contributed by atoms with Crippen LogP contribution in [0.5, 0.6) is 11.5 Å². The van der Waals surface area contributed by atoms with E-state index in [4.69, 9.17) is 14.2 Å². The van der Waals surface area contributed by atoms with Crippen molar-refractivity contribution in [2.24, 2.45) is 23.7 Å². The third-order valence-corrected chi connectivity index (χ3v) is 9.42. The Labute approximate surface area is 261 Å². The van der Waals surface area contributed by atoms with Crippen molar-refractivity contribution in [1.29, 1.82) is 0 Å². The molecule has 244 valence electrons. The van der Waals surface area contributed by atoms with E-state index in [9.17, 15) is 24.6 Å². The lowest BCUT2D eigenvalue weighted by atomic mass is 9.75. The fourth-order valence-electron chi connectivity index (χ4n) is 6.96. The number of amides is 2. The predicted molar refractivity (Wildman–Crippen MR) is 166 cm³/mol. The Morgan fingerprint density at radius 2 is 1.95 bits per heavy atom. The number of aliphatic hydroxyl groups excluding tert-OH is 2. The van der Waals surface area contributed by atoms with Crippen molar-refractivity contribution in [3.8, 4) is 11.5 Å². The van der Waals surface area contributed by atoms with Crippen molar-refractivity contribution in [2.75, 3.05) is 33.4 Å². The minimum absolute atomic E-state index is 0.0159. The molecule has 2 amide bonds. The maximum absolute atomic E-state index is 14.0. The molecule has 1 aromatic carbocycles. The molecule has 7 unspecified atom stereocenters. The highest BCUT2D eigenvalue weighted by atomic mass is 16.5. The third kappa shape index (κ3) is 7.29. The van der Waals surface area contributed by atoms with Crippen LogP contribution in [-0.2, 0) is 14.3 Å². The summed E-state index contributed by atoms with van der Waals surface area (Å²) in [4.78, 5) is 40.9. The zero-order chi connectivity index (χ0) is 32.1. The second-order valence-corrected chi connectivity index (χ2v) is 13.3. The highest BCUT2D eigenvalue weighted by Gasteiger charge is 2.51. The Bertz CT molecular complexity index is 1210. The van der Waals surface area contributed by atoms with Crippen LogP contribution >= 0.6 is 0 Å². The molecule has 1 aromatic rings. The van der Waals surface area contributed by atoms with Crippen LogP contribution < -0.4 is 14.8 Å². The van der Waals surface area contributed by atoms with Gasteiger partial charge in [0.2, 0.25) is 11.8 Å². The second kappa shape index (κ2) is 14.9. The molecule has 0 saturated heterocycles. The molecule has 1 aliphatic heterocycles. The lowest BCUT2D eigenvalue weighted by Gasteiger charge is -2.41. The summed E-state index contributed by atoms with van der Waals surface area (Å²) in [5.41, 5.74) is 1.19. The van der Waals surface area contributed by atoms with Crippen molar-refractivity contribution < 1.29 is 38.8 Å². The average molecular weight is 615 g/mol. The molecule has 1 heterocycles. The van der Waals surface area contributed by atoms with E-state index in [0.717, 1.165) is 19.3 Å². The molecule has 0 radical (unpaired) electrons. The number of carbonyl (C=O) groups excluding carboxylic acids is 3. The molecule has 3 aliphatic rings. The first-order chi connectivity index (χ1) is 21.0. The molecule has 0 aromatic heterocycles. The number of nitrogens with zero attached hydrogens (tertiary/aromatic N) is 1. The molecule has 2 aliphatic carbocycles. The highest BCUT2D eigenvalue weighted by molar-refractivity contribution is 5.96. The molecule has 44 heavy (non-hydrogen) atoms. The van der Waals surface area contributed by atoms with E-state index in [-0.39, 0.29) is 31.8 Å². The summed E-state index contributed by atoms with van der Waals surface area (Å²) in [6.45, 7) is 10.8. The van der Waals surface area contributed by atoms with E-state index >= 15 is 0 Å². The van der Waals surface area contributed by atoms with E-state index in [2.05, 4.69) is 39.9 Å². The van der Waals surface area contributed by atoms with Crippen molar-refractivity contribution in [2.45, 2.75) is 90.6 Å². The maximum Gasteiger partial charge on any atom is 0.249 e. The molecule has 10 nitrogen and oxygen atoms in total. The maximum atomic E-state index is 14.0. The molecule has 3 N–H and O–H groups in total. The number of methoxy groups -OCH3 is 1. The lowest BCUT2D eigenvalue weighted by Crippen LogP contribution is -2.56. The standard InChI is InChI=1S/C34H50N2O8/c1-19(2)9-11-36(29(39)18-43-27-13-21(5)7-8-23(27)20(3)4)26-16-25(34(41)35-10-12-37)30-24-14-22(17-38)15-28(42-6)32(24)44-33(30)31(26)40/h14-17,19-21,23,26-27,30-31,33,37,40H,7-13,18H2,1-6H3,(H,35,41). The fraction of sp³-hybridized carbons (Fsp3) is 0.676. The van der Waals surface area contributed by atoms with Crippen LogP contribution in [0.2, 0.25) is 0 Å². The molecule has 7 atom stereocenters. The number of aldehydes is 1. The van der Waals surface area contributed by atoms with Gasteiger partial charge in [-0.05, 0) is 61.1 Å². The van der Waals surface area contributed by atoms with Crippen LogP contribution in [0.3, 0.4) is 0 Å². The number of aliphatic hydroxyl groups is 2. The van der Waals surface area contributed by atoms with Crippen LogP contribution in [0.25, 0.3) is 0 Å². The van der Waals surface area contributed by atoms with Gasteiger partial charge in [0.25, 0.3) is 0 Å². The first-order valence-electron chi connectivity index (χ1n) is 16.0.